The molecule has 2 nitrogen and oxygen atoms in total. The number of aliphatic imine (C=N–C) groups is 2. The third kappa shape index (κ3) is 10.9. The number of hydrogen-bond acceptors (Lipinski definition) is 2. The lowest BCUT2D eigenvalue weighted by molar-refractivity contribution is 0.566. The standard InChI is InChI=1S/C29H40N2/c1-3-5-6-7-8-9-10-11-12-13-20-25-29(31-27-23-18-15-19-24-27)28(4-2)30-26-21-16-14-17-22-26/h14-25H,3-13H2,1-2H3. The molecule has 0 N–H and O–H groups in total. The van der Waals surface area contributed by atoms with Crippen LogP contribution in [0.5, 0.6) is 0 Å². The Morgan fingerprint density at radius 3 is 1.71 bits per heavy atom. The molecule has 166 valence electrons. The number of unbranched alkanes of at least 4 members (excludes halogenated alkanes) is 9. The van der Waals surface area contributed by atoms with Gasteiger partial charge in [-0.05, 0) is 49.6 Å². The molecule has 2 aromatic rings. The Hall–Kier alpha value is -2.48. The Labute approximate surface area is 190 Å². The average Bonchev–Trinajstić information content (AvgIpc) is 2.81. The molecule has 31 heavy (non-hydrogen) atoms. The Kier molecular flexibility index (Phi) is 13.0. The SMILES string of the molecule is CCCCCCCCCCCC=CC(=Nc1ccccc1)C(CC)=Nc1ccccc1. The zero-order valence-electron chi connectivity index (χ0n) is 19.6. The molecule has 0 aromatic heterocycles. The van der Waals surface area contributed by atoms with E-state index in [9.17, 15) is 0 Å². The van der Waals surface area contributed by atoms with Gasteiger partial charge in [0.05, 0.1) is 22.8 Å². The molecular weight excluding hydrogens is 376 g/mol. The van der Waals surface area contributed by atoms with Crippen LogP contribution in [0.25, 0.3) is 0 Å². The lowest BCUT2D eigenvalue weighted by atomic mass is 10.1. The van der Waals surface area contributed by atoms with Crippen molar-refractivity contribution in [3.63, 3.8) is 0 Å². The van der Waals surface area contributed by atoms with E-state index in [0.29, 0.717) is 0 Å². The molecule has 0 aliphatic carbocycles. The fourth-order valence-electron chi connectivity index (χ4n) is 3.58. The van der Waals surface area contributed by atoms with Crippen LogP contribution in [0.2, 0.25) is 0 Å². The lowest BCUT2D eigenvalue weighted by Crippen LogP contribution is -2.10. The quantitative estimate of drug-likeness (QED) is 0.204. The predicted octanol–water partition coefficient (Wildman–Crippen LogP) is 9.42. The van der Waals surface area contributed by atoms with E-state index < -0.39 is 0 Å². The molecule has 0 saturated carbocycles. The summed E-state index contributed by atoms with van der Waals surface area (Å²) in [6, 6.07) is 20.3. The summed E-state index contributed by atoms with van der Waals surface area (Å²) < 4.78 is 0. The molecule has 2 rings (SSSR count). The van der Waals surface area contributed by atoms with Crippen LogP contribution in [0.3, 0.4) is 0 Å². The van der Waals surface area contributed by atoms with Crippen molar-refractivity contribution >= 4 is 22.8 Å². The first kappa shape index (κ1) is 24.8. The summed E-state index contributed by atoms with van der Waals surface area (Å²) >= 11 is 0. The van der Waals surface area contributed by atoms with Gasteiger partial charge in [0.1, 0.15) is 0 Å². The minimum absolute atomic E-state index is 0.850. The van der Waals surface area contributed by atoms with Crippen molar-refractivity contribution in [2.75, 3.05) is 0 Å². The summed E-state index contributed by atoms with van der Waals surface area (Å²) in [6.07, 6.45) is 18.7. The number of allylic oxidation sites excluding steroid dienone is 2. The second kappa shape index (κ2) is 16.2. The number of nitrogens with zero attached hydrogens (tertiary/aromatic N) is 2. The van der Waals surface area contributed by atoms with Gasteiger partial charge in [0.2, 0.25) is 0 Å². The Morgan fingerprint density at radius 2 is 1.16 bits per heavy atom. The molecule has 0 spiro atoms. The normalized spacial score (nSPS) is 12.6. The first-order valence-electron chi connectivity index (χ1n) is 12.3. The highest BCUT2D eigenvalue weighted by Gasteiger charge is 2.05. The summed E-state index contributed by atoms with van der Waals surface area (Å²) in [4.78, 5) is 9.79. The van der Waals surface area contributed by atoms with Crippen LogP contribution in [-0.4, -0.2) is 11.4 Å². The van der Waals surface area contributed by atoms with Crippen molar-refractivity contribution in [2.45, 2.75) is 84.5 Å². The Balaban J connectivity index is 1.92. The van der Waals surface area contributed by atoms with Gasteiger partial charge in [-0.25, -0.2) is 4.99 Å². The molecule has 0 bridgehead atoms. The Bertz CT molecular complexity index is 788. The van der Waals surface area contributed by atoms with E-state index in [1.807, 2.05) is 60.7 Å². The monoisotopic (exact) mass is 416 g/mol. The summed E-state index contributed by atoms with van der Waals surface area (Å²) in [5, 5.41) is 0. The van der Waals surface area contributed by atoms with Crippen LogP contribution in [0.1, 0.15) is 84.5 Å². The third-order valence-electron chi connectivity index (χ3n) is 5.41. The zero-order chi connectivity index (χ0) is 22.0. The summed E-state index contributed by atoms with van der Waals surface area (Å²) in [5.41, 5.74) is 3.94. The lowest BCUT2D eigenvalue weighted by Gasteiger charge is -2.06. The number of para-hydroxylation sites is 2. The van der Waals surface area contributed by atoms with Gasteiger partial charge in [-0.15, -0.1) is 0 Å². The van der Waals surface area contributed by atoms with Crippen LogP contribution in [0, 0.1) is 0 Å². The van der Waals surface area contributed by atoms with Crippen molar-refractivity contribution < 1.29 is 0 Å². The molecule has 0 radical (unpaired) electrons. The fourth-order valence-corrected chi connectivity index (χ4v) is 3.58. The van der Waals surface area contributed by atoms with Gasteiger partial charge in [-0.3, -0.25) is 4.99 Å². The summed E-state index contributed by atoms with van der Waals surface area (Å²) in [5.74, 6) is 0. The highest BCUT2D eigenvalue weighted by Crippen LogP contribution is 2.16. The van der Waals surface area contributed by atoms with Gasteiger partial charge in [0, 0.05) is 0 Å². The molecule has 0 heterocycles. The Morgan fingerprint density at radius 1 is 0.645 bits per heavy atom. The molecule has 2 aromatic carbocycles. The second-order valence-electron chi connectivity index (χ2n) is 8.10. The van der Waals surface area contributed by atoms with E-state index in [1.54, 1.807) is 0 Å². The zero-order valence-corrected chi connectivity index (χ0v) is 19.6. The van der Waals surface area contributed by atoms with Crippen LogP contribution in [0.4, 0.5) is 11.4 Å². The van der Waals surface area contributed by atoms with E-state index in [-0.39, 0.29) is 0 Å². The van der Waals surface area contributed by atoms with Crippen molar-refractivity contribution in [3.8, 4) is 0 Å². The average molecular weight is 417 g/mol. The molecule has 0 amide bonds. The maximum atomic E-state index is 4.91. The van der Waals surface area contributed by atoms with Crippen LogP contribution in [-0.2, 0) is 0 Å². The number of hydrogen-bond donors (Lipinski definition) is 0. The van der Waals surface area contributed by atoms with E-state index >= 15 is 0 Å². The first-order chi connectivity index (χ1) is 15.3. The maximum absolute atomic E-state index is 4.91. The van der Waals surface area contributed by atoms with Crippen LogP contribution < -0.4 is 0 Å². The van der Waals surface area contributed by atoms with Crippen LogP contribution >= 0.6 is 0 Å². The summed E-state index contributed by atoms with van der Waals surface area (Å²) in [6.45, 7) is 4.43. The fraction of sp³-hybridized carbons (Fsp3) is 0.448. The molecule has 0 fully saturated rings. The van der Waals surface area contributed by atoms with Crippen LogP contribution in [0.15, 0.2) is 82.8 Å². The highest BCUT2D eigenvalue weighted by molar-refractivity contribution is 6.47. The van der Waals surface area contributed by atoms with Crippen molar-refractivity contribution in [2.24, 2.45) is 9.98 Å². The molecule has 2 heteroatoms. The van der Waals surface area contributed by atoms with E-state index in [1.165, 1.54) is 57.8 Å². The number of benzene rings is 2. The minimum Gasteiger partial charge on any atom is -0.251 e. The van der Waals surface area contributed by atoms with Gasteiger partial charge in [-0.2, -0.15) is 0 Å². The van der Waals surface area contributed by atoms with Crippen molar-refractivity contribution in [1.82, 2.24) is 0 Å². The van der Waals surface area contributed by atoms with Gasteiger partial charge in [0.15, 0.2) is 0 Å². The van der Waals surface area contributed by atoms with E-state index in [2.05, 4.69) is 26.0 Å². The molecule has 0 saturated heterocycles. The maximum Gasteiger partial charge on any atom is 0.0848 e. The minimum atomic E-state index is 0.850. The highest BCUT2D eigenvalue weighted by atomic mass is 14.8. The molecule has 0 aliphatic rings. The molecular formula is C29H40N2. The number of rotatable bonds is 15. The molecule has 0 aliphatic heterocycles. The smallest absolute Gasteiger partial charge is 0.0848 e. The molecule has 0 atom stereocenters. The van der Waals surface area contributed by atoms with E-state index in [4.69, 9.17) is 9.98 Å². The largest absolute Gasteiger partial charge is 0.251 e. The topological polar surface area (TPSA) is 24.7 Å². The van der Waals surface area contributed by atoms with Gasteiger partial charge >= 0.3 is 0 Å². The second-order valence-corrected chi connectivity index (χ2v) is 8.10. The van der Waals surface area contributed by atoms with Crippen molar-refractivity contribution in [1.29, 1.82) is 0 Å². The molecule has 0 unspecified atom stereocenters. The van der Waals surface area contributed by atoms with Gasteiger partial charge < -0.3 is 0 Å². The predicted molar refractivity (Wildman–Crippen MR) is 138 cm³/mol. The van der Waals surface area contributed by atoms with E-state index in [0.717, 1.165) is 35.6 Å². The third-order valence-corrected chi connectivity index (χ3v) is 5.41. The summed E-state index contributed by atoms with van der Waals surface area (Å²) in [7, 11) is 0. The first-order valence-corrected chi connectivity index (χ1v) is 12.3. The van der Waals surface area contributed by atoms with Gasteiger partial charge in [-0.1, -0.05) is 108 Å². The van der Waals surface area contributed by atoms with Crippen molar-refractivity contribution in [3.05, 3.63) is 72.8 Å². The van der Waals surface area contributed by atoms with Gasteiger partial charge in [0.25, 0.3) is 0 Å².